The molecule has 0 amide bonds. The molecular weight excluding hydrogens is 240 g/mol. The fourth-order valence-corrected chi connectivity index (χ4v) is 1.73. The van der Waals surface area contributed by atoms with Crippen LogP contribution in [-0.2, 0) is 13.1 Å². The summed E-state index contributed by atoms with van der Waals surface area (Å²) in [6.45, 7) is 5.24. The predicted octanol–water partition coefficient (Wildman–Crippen LogP) is 1.86. The van der Waals surface area contributed by atoms with Gasteiger partial charge in [0.25, 0.3) is 0 Å². The van der Waals surface area contributed by atoms with Crippen LogP contribution < -0.4 is 10.1 Å². The third-order valence-corrected chi connectivity index (χ3v) is 2.64. The molecule has 0 aliphatic rings. The van der Waals surface area contributed by atoms with E-state index in [4.69, 9.17) is 4.74 Å². The van der Waals surface area contributed by atoms with Crippen LogP contribution in [0.2, 0.25) is 0 Å². The third kappa shape index (κ3) is 4.71. The molecule has 0 saturated heterocycles. The number of nitrogens with zero attached hydrogens (tertiary/aromatic N) is 3. The van der Waals surface area contributed by atoms with Crippen molar-refractivity contribution in [3.8, 4) is 5.75 Å². The van der Waals surface area contributed by atoms with Gasteiger partial charge >= 0.3 is 0 Å². The summed E-state index contributed by atoms with van der Waals surface area (Å²) >= 11 is 0. The van der Waals surface area contributed by atoms with Crippen LogP contribution in [0.4, 0.5) is 0 Å². The molecule has 2 aromatic rings. The number of ether oxygens (including phenoxy) is 1. The quantitative estimate of drug-likeness (QED) is 0.736. The summed E-state index contributed by atoms with van der Waals surface area (Å²) in [5, 5.41) is 7.50. The van der Waals surface area contributed by atoms with Gasteiger partial charge in [0, 0.05) is 25.8 Å². The summed E-state index contributed by atoms with van der Waals surface area (Å²) in [7, 11) is 0. The van der Waals surface area contributed by atoms with Crippen LogP contribution in [0, 0.1) is 0 Å². The lowest BCUT2D eigenvalue weighted by Gasteiger charge is -2.05. The Bertz CT molecular complexity index is 469. The van der Waals surface area contributed by atoms with Crippen molar-refractivity contribution in [1.82, 2.24) is 20.1 Å². The minimum Gasteiger partial charge on any atom is -0.489 e. The van der Waals surface area contributed by atoms with Crippen molar-refractivity contribution in [2.45, 2.75) is 26.4 Å². The number of nitrogens with one attached hydrogen (secondary N) is 1. The van der Waals surface area contributed by atoms with E-state index in [9.17, 15) is 0 Å². The zero-order chi connectivity index (χ0) is 13.3. The van der Waals surface area contributed by atoms with E-state index in [-0.39, 0.29) is 0 Å². The molecule has 0 spiro atoms. The van der Waals surface area contributed by atoms with E-state index in [2.05, 4.69) is 22.3 Å². The van der Waals surface area contributed by atoms with Gasteiger partial charge in [0.15, 0.2) is 5.75 Å². The molecule has 0 atom stereocenters. The second-order valence-corrected chi connectivity index (χ2v) is 4.29. The molecule has 2 rings (SSSR count). The topological polar surface area (TPSA) is 52.0 Å². The SMILES string of the molecule is CCCn1cc(OCCNCc2ccccn2)cn1. The van der Waals surface area contributed by atoms with Crippen molar-refractivity contribution >= 4 is 0 Å². The van der Waals surface area contributed by atoms with E-state index in [1.54, 1.807) is 12.4 Å². The second kappa shape index (κ2) is 7.53. The van der Waals surface area contributed by atoms with Crippen molar-refractivity contribution in [1.29, 1.82) is 0 Å². The van der Waals surface area contributed by atoms with Gasteiger partial charge in [-0.2, -0.15) is 5.10 Å². The molecule has 0 radical (unpaired) electrons. The van der Waals surface area contributed by atoms with E-state index in [1.807, 2.05) is 29.1 Å². The van der Waals surface area contributed by atoms with Gasteiger partial charge in [0.1, 0.15) is 6.61 Å². The summed E-state index contributed by atoms with van der Waals surface area (Å²) in [4.78, 5) is 4.24. The van der Waals surface area contributed by atoms with Crippen LogP contribution in [-0.4, -0.2) is 27.9 Å². The highest BCUT2D eigenvalue weighted by Gasteiger charge is 1.98. The van der Waals surface area contributed by atoms with Gasteiger partial charge in [-0.25, -0.2) is 0 Å². The molecule has 5 nitrogen and oxygen atoms in total. The van der Waals surface area contributed by atoms with Crippen molar-refractivity contribution in [2.24, 2.45) is 0 Å². The molecule has 0 unspecified atom stereocenters. The highest BCUT2D eigenvalue weighted by molar-refractivity contribution is 5.11. The number of aromatic nitrogens is 3. The highest BCUT2D eigenvalue weighted by atomic mass is 16.5. The zero-order valence-corrected chi connectivity index (χ0v) is 11.2. The average Bonchev–Trinajstić information content (AvgIpc) is 2.88. The summed E-state index contributed by atoms with van der Waals surface area (Å²) in [5.74, 6) is 0.827. The Labute approximate surface area is 113 Å². The molecule has 0 aliphatic heterocycles. The minimum atomic E-state index is 0.630. The molecule has 0 saturated carbocycles. The fourth-order valence-electron chi connectivity index (χ4n) is 1.73. The largest absolute Gasteiger partial charge is 0.489 e. The summed E-state index contributed by atoms with van der Waals surface area (Å²) in [5.41, 5.74) is 1.04. The van der Waals surface area contributed by atoms with Gasteiger partial charge in [-0.1, -0.05) is 13.0 Å². The lowest BCUT2D eigenvalue weighted by molar-refractivity contribution is 0.313. The van der Waals surface area contributed by atoms with Gasteiger partial charge in [0.2, 0.25) is 0 Å². The van der Waals surface area contributed by atoms with E-state index < -0.39 is 0 Å². The number of hydrogen-bond acceptors (Lipinski definition) is 4. The predicted molar refractivity (Wildman–Crippen MR) is 74.0 cm³/mol. The Balaban J connectivity index is 1.61. The standard InChI is InChI=1S/C14H20N4O/c1-2-8-18-12-14(11-17-18)19-9-7-15-10-13-5-3-4-6-16-13/h3-6,11-12,15H,2,7-10H2,1H3. The lowest BCUT2D eigenvalue weighted by Crippen LogP contribution is -2.20. The number of pyridine rings is 1. The second-order valence-electron chi connectivity index (χ2n) is 4.29. The van der Waals surface area contributed by atoms with Crippen molar-refractivity contribution in [3.63, 3.8) is 0 Å². The average molecular weight is 260 g/mol. The van der Waals surface area contributed by atoms with E-state index in [1.165, 1.54) is 0 Å². The normalized spacial score (nSPS) is 10.6. The van der Waals surface area contributed by atoms with Crippen LogP contribution in [0.5, 0.6) is 5.75 Å². The van der Waals surface area contributed by atoms with Gasteiger partial charge in [-0.05, 0) is 18.6 Å². The molecule has 0 fully saturated rings. The van der Waals surface area contributed by atoms with Crippen molar-refractivity contribution < 1.29 is 4.74 Å². The van der Waals surface area contributed by atoms with Crippen molar-refractivity contribution in [2.75, 3.05) is 13.2 Å². The number of hydrogen-bond donors (Lipinski definition) is 1. The summed E-state index contributed by atoms with van der Waals surface area (Å²) in [6, 6.07) is 5.91. The highest BCUT2D eigenvalue weighted by Crippen LogP contribution is 2.07. The molecule has 102 valence electrons. The fraction of sp³-hybridized carbons (Fsp3) is 0.429. The molecule has 5 heteroatoms. The molecule has 1 N–H and O–H groups in total. The molecule has 0 aromatic carbocycles. The molecule has 19 heavy (non-hydrogen) atoms. The molecule has 2 heterocycles. The third-order valence-electron chi connectivity index (χ3n) is 2.64. The molecular formula is C14H20N4O. The van der Waals surface area contributed by atoms with E-state index in [0.717, 1.165) is 37.5 Å². The minimum absolute atomic E-state index is 0.630. The first kappa shape index (κ1) is 13.5. The smallest absolute Gasteiger partial charge is 0.157 e. The maximum absolute atomic E-state index is 5.60. The molecule has 0 bridgehead atoms. The van der Waals surface area contributed by atoms with Gasteiger partial charge < -0.3 is 10.1 Å². The monoisotopic (exact) mass is 260 g/mol. The van der Waals surface area contributed by atoms with Crippen LogP contribution in [0.25, 0.3) is 0 Å². The van der Waals surface area contributed by atoms with Crippen LogP contribution in [0.3, 0.4) is 0 Å². The zero-order valence-electron chi connectivity index (χ0n) is 11.2. The first-order valence-electron chi connectivity index (χ1n) is 6.64. The maximum Gasteiger partial charge on any atom is 0.157 e. The van der Waals surface area contributed by atoms with Crippen molar-refractivity contribution in [3.05, 3.63) is 42.5 Å². The number of rotatable bonds is 8. The first-order chi connectivity index (χ1) is 9.38. The van der Waals surface area contributed by atoms with Crippen LogP contribution in [0.1, 0.15) is 19.0 Å². The first-order valence-corrected chi connectivity index (χ1v) is 6.64. The Morgan fingerprint density at radius 2 is 2.32 bits per heavy atom. The Hall–Kier alpha value is -1.88. The molecule has 2 aromatic heterocycles. The maximum atomic E-state index is 5.60. The Morgan fingerprint density at radius 3 is 3.11 bits per heavy atom. The van der Waals surface area contributed by atoms with Crippen LogP contribution in [0.15, 0.2) is 36.8 Å². The Kier molecular flexibility index (Phi) is 5.37. The van der Waals surface area contributed by atoms with E-state index >= 15 is 0 Å². The van der Waals surface area contributed by atoms with Gasteiger partial charge in [-0.3, -0.25) is 9.67 Å². The summed E-state index contributed by atoms with van der Waals surface area (Å²) in [6.07, 6.45) is 6.57. The van der Waals surface area contributed by atoms with E-state index in [0.29, 0.717) is 6.61 Å². The lowest BCUT2D eigenvalue weighted by atomic mass is 10.3. The number of aryl methyl sites for hydroxylation is 1. The molecule has 0 aliphatic carbocycles. The van der Waals surface area contributed by atoms with Gasteiger partial charge in [0.05, 0.1) is 18.1 Å². The Morgan fingerprint density at radius 1 is 1.37 bits per heavy atom. The van der Waals surface area contributed by atoms with Gasteiger partial charge in [-0.15, -0.1) is 0 Å². The summed E-state index contributed by atoms with van der Waals surface area (Å²) < 4.78 is 7.50. The van der Waals surface area contributed by atoms with Crippen LogP contribution >= 0.6 is 0 Å².